The van der Waals surface area contributed by atoms with Crippen LogP contribution in [0.15, 0.2) is 89.9 Å². The Bertz CT molecular complexity index is 1810. The Morgan fingerprint density at radius 3 is 2.20 bits per heavy atom. The zero-order valence-electron chi connectivity index (χ0n) is 25.4. The summed E-state index contributed by atoms with van der Waals surface area (Å²) in [4.78, 5) is 21.9. The van der Waals surface area contributed by atoms with Crippen LogP contribution in [-0.2, 0) is 23.0 Å². The van der Waals surface area contributed by atoms with E-state index in [1.54, 1.807) is 4.57 Å². The van der Waals surface area contributed by atoms with Crippen molar-refractivity contribution in [2.45, 2.75) is 51.4 Å². The monoisotopic (exact) mass is 655 g/mol. The van der Waals surface area contributed by atoms with E-state index in [1.165, 1.54) is 0 Å². The molecular formula is C34H35ClN3NaO5S. The Hall–Kier alpha value is -2.92. The third-order valence-corrected chi connectivity index (χ3v) is 8.56. The Kier molecular flexibility index (Phi) is 12.9. The van der Waals surface area contributed by atoms with Gasteiger partial charge in [0.05, 0.1) is 33.1 Å². The van der Waals surface area contributed by atoms with Crippen LogP contribution in [0, 0.1) is 0 Å². The fourth-order valence-corrected chi connectivity index (χ4v) is 6.03. The van der Waals surface area contributed by atoms with E-state index in [0.29, 0.717) is 48.2 Å². The van der Waals surface area contributed by atoms with E-state index in [0.717, 1.165) is 60.2 Å². The maximum Gasteiger partial charge on any atom is 1.00 e. The number of benzene rings is 3. The molecule has 230 valence electrons. The minimum absolute atomic E-state index is 0. The number of H-pyrrole nitrogens is 1. The number of aromatic amines is 1. The van der Waals surface area contributed by atoms with Gasteiger partial charge >= 0.3 is 29.6 Å². The summed E-state index contributed by atoms with van der Waals surface area (Å²) in [7, 11) is -4.12. The summed E-state index contributed by atoms with van der Waals surface area (Å²) >= 11 is 6.54. The van der Waals surface area contributed by atoms with Gasteiger partial charge in [0.15, 0.2) is 5.82 Å². The molecule has 0 atom stereocenters. The number of hydrogen-bond donors (Lipinski definition) is 1. The van der Waals surface area contributed by atoms with Crippen LogP contribution in [-0.4, -0.2) is 39.9 Å². The Balaban J connectivity index is 0.00000461. The molecular weight excluding hydrogens is 621 g/mol. The number of nitrogens with zero attached hydrogens (tertiary/aromatic N) is 2. The van der Waals surface area contributed by atoms with Crippen LogP contribution in [0.25, 0.3) is 17.1 Å². The zero-order valence-corrected chi connectivity index (χ0v) is 28.9. The van der Waals surface area contributed by atoms with Crippen molar-refractivity contribution in [2.24, 2.45) is 0 Å². The summed E-state index contributed by atoms with van der Waals surface area (Å²) in [5.41, 5.74) is 4.93. The largest absolute Gasteiger partial charge is 1.00 e. The van der Waals surface area contributed by atoms with Crippen molar-refractivity contribution in [3.8, 4) is 22.8 Å². The topological polar surface area (TPSA) is 117 Å². The van der Waals surface area contributed by atoms with Crippen molar-refractivity contribution in [1.29, 1.82) is 0 Å². The van der Waals surface area contributed by atoms with E-state index < -0.39 is 10.1 Å². The number of imidazole rings is 1. The smallest absolute Gasteiger partial charge is 0.748 e. The van der Waals surface area contributed by atoms with Crippen LogP contribution in [0.2, 0.25) is 5.02 Å². The van der Waals surface area contributed by atoms with Gasteiger partial charge < -0.3 is 14.3 Å². The maximum absolute atomic E-state index is 13.6. The number of aromatic nitrogens is 3. The number of hydrogen-bond acceptors (Lipinski definition) is 6. The van der Waals surface area contributed by atoms with E-state index >= 15 is 0 Å². The molecule has 2 heterocycles. The standard InChI is InChI=1S/C34H36ClN3O5S.Na/c35-28-21-26(17-18-32(28)43-19-11-3-1-2-4-12-20-44(40,41)42)23-30-34(39)38-24-31(27-15-9-6-10-16-27)36-29(33(38)37-30)22-25-13-7-5-8-14-25;/h5-10,13-18,21,24,36H,1-4,11-12,19-20,22-23H2,(H,40,41,42);/q;+1/p-1. The second kappa shape index (κ2) is 16.6. The van der Waals surface area contributed by atoms with Gasteiger partial charge in [0.25, 0.3) is 5.56 Å². The first kappa shape index (κ1) is 34.9. The van der Waals surface area contributed by atoms with E-state index in [4.69, 9.17) is 21.3 Å². The van der Waals surface area contributed by atoms with Crippen LogP contribution in [0.1, 0.15) is 61.0 Å². The Labute approximate surface area is 291 Å². The van der Waals surface area contributed by atoms with E-state index in [1.807, 2.05) is 72.9 Å². The molecule has 0 unspecified atom stereocenters. The fourth-order valence-electron chi connectivity index (χ4n) is 5.21. The number of nitrogens with one attached hydrogen (secondary N) is 1. The molecule has 8 nitrogen and oxygen atoms in total. The molecule has 0 aliphatic carbocycles. The molecule has 0 radical (unpaired) electrons. The number of rotatable bonds is 15. The SMILES string of the molecule is O=c1c(Cc2ccc(OCCCCCCCCS(=O)(=O)[O-])c(Cl)c2)nc2c(Cc3ccccc3)[nH]c(-c3ccccc3)cn1-2.[Na+]. The fraction of sp³-hybridized carbons (Fsp3) is 0.294. The van der Waals surface area contributed by atoms with Gasteiger partial charge in [0.1, 0.15) is 11.4 Å². The first-order chi connectivity index (χ1) is 21.3. The van der Waals surface area contributed by atoms with Crippen molar-refractivity contribution >= 4 is 21.7 Å². The van der Waals surface area contributed by atoms with Gasteiger partial charge in [-0.3, -0.25) is 9.36 Å². The maximum atomic E-state index is 13.6. The third kappa shape index (κ3) is 10.0. The first-order valence-electron chi connectivity index (χ1n) is 14.8. The van der Waals surface area contributed by atoms with Gasteiger partial charge in [-0.25, -0.2) is 13.4 Å². The quantitative estimate of drug-likeness (QED) is 0.104. The molecule has 0 fully saturated rings. The molecule has 0 bridgehead atoms. The average Bonchev–Trinajstić information content (AvgIpc) is 3.32. The van der Waals surface area contributed by atoms with Crippen molar-refractivity contribution < 1.29 is 47.3 Å². The normalized spacial score (nSPS) is 11.4. The van der Waals surface area contributed by atoms with E-state index in [2.05, 4.69) is 17.1 Å². The van der Waals surface area contributed by atoms with Gasteiger partial charge in [0, 0.05) is 24.8 Å². The van der Waals surface area contributed by atoms with Gasteiger partial charge in [-0.2, -0.15) is 0 Å². The molecule has 1 N–H and O–H groups in total. The molecule has 0 amide bonds. The van der Waals surface area contributed by atoms with Crippen molar-refractivity contribution in [2.75, 3.05) is 12.4 Å². The predicted octanol–water partition coefficient (Wildman–Crippen LogP) is 3.77. The van der Waals surface area contributed by atoms with Crippen LogP contribution in [0.4, 0.5) is 0 Å². The molecule has 11 heteroatoms. The molecule has 45 heavy (non-hydrogen) atoms. The Morgan fingerprint density at radius 2 is 1.51 bits per heavy atom. The summed E-state index contributed by atoms with van der Waals surface area (Å²) in [5, 5.41) is 0.474. The minimum Gasteiger partial charge on any atom is -0.748 e. The number of ether oxygens (including phenoxy) is 1. The van der Waals surface area contributed by atoms with E-state index in [-0.39, 0.29) is 40.9 Å². The summed E-state index contributed by atoms with van der Waals surface area (Å²) in [6.45, 7) is 0.510. The van der Waals surface area contributed by atoms with Gasteiger partial charge in [0.2, 0.25) is 0 Å². The van der Waals surface area contributed by atoms with Crippen molar-refractivity contribution in [1.82, 2.24) is 14.5 Å². The Morgan fingerprint density at radius 1 is 0.844 bits per heavy atom. The molecule has 0 spiro atoms. The molecule has 2 aliphatic rings. The molecule has 0 saturated heterocycles. The average molecular weight is 656 g/mol. The van der Waals surface area contributed by atoms with Crippen molar-refractivity contribution in [3.05, 3.63) is 123 Å². The minimum atomic E-state index is -4.12. The first-order valence-corrected chi connectivity index (χ1v) is 16.8. The van der Waals surface area contributed by atoms with Gasteiger partial charge in [-0.05, 0) is 41.7 Å². The van der Waals surface area contributed by atoms with Gasteiger partial charge in [-0.1, -0.05) is 104 Å². The van der Waals surface area contributed by atoms with Gasteiger partial charge in [-0.15, -0.1) is 0 Å². The number of unbranched alkanes of at least 4 members (excludes halogenated alkanes) is 5. The molecule has 5 rings (SSSR count). The van der Waals surface area contributed by atoms with Crippen LogP contribution in [0.5, 0.6) is 5.75 Å². The molecule has 0 saturated carbocycles. The summed E-state index contributed by atoms with van der Waals surface area (Å²) in [6.07, 6.45) is 7.51. The zero-order chi connectivity index (χ0) is 30.9. The second-order valence-electron chi connectivity index (χ2n) is 10.9. The van der Waals surface area contributed by atoms with Crippen LogP contribution >= 0.6 is 11.6 Å². The van der Waals surface area contributed by atoms with Crippen molar-refractivity contribution in [3.63, 3.8) is 0 Å². The number of halogens is 1. The van der Waals surface area contributed by atoms with Crippen LogP contribution in [0.3, 0.4) is 0 Å². The second-order valence-corrected chi connectivity index (χ2v) is 12.8. The third-order valence-electron chi connectivity index (χ3n) is 7.47. The molecule has 2 aliphatic heterocycles. The summed E-state index contributed by atoms with van der Waals surface area (Å²) < 4.78 is 39.5. The number of fused-ring (bicyclic) bond motifs is 1. The van der Waals surface area contributed by atoms with E-state index in [9.17, 15) is 17.8 Å². The molecule has 3 aromatic rings. The van der Waals surface area contributed by atoms with Crippen LogP contribution < -0.4 is 39.9 Å². The summed E-state index contributed by atoms with van der Waals surface area (Å²) in [6, 6.07) is 25.6. The predicted molar refractivity (Wildman–Crippen MR) is 172 cm³/mol. The molecule has 0 aromatic heterocycles. The molecule has 3 aromatic carbocycles. The summed E-state index contributed by atoms with van der Waals surface area (Å²) in [5.74, 6) is 0.900.